The second kappa shape index (κ2) is 12.8. The van der Waals surface area contributed by atoms with Crippen molar-refractivity contribution < 1.29 is 27.5 Å². The van der Waals surface area contributed by atoms with Gasteiger partial charge in [-0.1, -0.05) is 12.1 Å². The van der Waals surface area contributed by atoms with Crippen molar-refractivity contribution in [2.24, 2.45) is 0 Å². The van der Waals surface area contributed by atoms with Crippen molar-refractivity contribution in [1.82, 2.24) is 10.2 Å². The Bertz CT molecular complexity index is 1160. The first-order valence-corrected chi connectivity index (χ1v) is 14.0. The standard InChI is InChI=1S/C27H39N3O6S/c1-20(26(32)28-27(2,3)4)29(19-21-10-8-11-24(18-21)36-6)25(31)12-9-17-30(37(7,33)34)22-13-15-23(35-5)16-14-22/h8,10-11,13-16,18,20H,9,12,17,19H2,1-7H3,(H,28,32)/t20-/m1/s1. The summed E-state index contributed by atoms with van der Waals surface area (Å²) < 4.78 is 36.6. The van der Waals surface area contributed by atoms with E-state index in [9.17, 15) is 18.0 Å². The van der Waals surface area contributed by atoms with Gasteiger partial charge in [-0.2, -0.15) is 0 Å². The highest BCUT2D eigenvalue weighted by atomic mass is 32.2. The summed E-state index contributed by atoms with van der Waals surface area (Å²) in [6.07, 6.45) is 1.48. The van der Waals surface area contributed by atoms with Gasteiger partial charge in [0.15, 0.2) is 0 Å². The zero-order valence-electron chi connectivity index (χ0n) is 22.8. The third-order valence-corrected chi connectivity index (χ3v) is 6.86. The lowest BCUT2D eigenvalue weighted by Gasteiger charge is -2.32. The number of nitrogens with one attached hydrogen (secondary N) is 1. The largest absolute Gasteiger partial charge is 0.497 e. The maximum Gasteiger partial charge on any atom is 0.242 e. The summed E-state index contributed by atoms with van der Waals surface area (Å²) in [5.41, 5.74) is 0.853. The van der Waals surface area contributed by atoms with Crippen molar-refractivity contribution in [1.29, 1.82) is 0 Å². The first kappa shape index (κ1) is 30.0. The number of carbonyl (C=O) groups excluding carboxylic acids is 2. The van der Waals surface area contributed by atoms with E-state index in [1.165, 1.54) is 16.3 Å². The van der Waals surface area contributed by atoms with Gasteiger partial charge < -0.3 is 19.7 Å². The molecule has 0 unspecified atom stereocenters. The maximum absolute atomic E-state index is 13.4. The predicted octanol–water partition coefficient (Wildman–Crippen LogP) is 3.58. The number of hydrogen-bond donors (Lipinski definition) is 1. The molecule has 37 heavy (non-hydrogen) atoms. The summed E-state index contributed by atoms with van der Waals surface area (Å²) in [5.74, 6) is 0.755. The van der Waals surface area contributed by atoms with Crippen LogP contribution in [-0.4, -0.2) is 63.7 Å². The highest BCUT2D eigenvalue weighted by molar-refractivity contribution is 7.92. The Labute approximate surface area is 220 Å². The molecule has 2 aromatic carbocycles. The van der Waals surface area contributed by atoms with Crippen LogP contribution in [0.2, 0.25) is 0 Å². The molecule has 0 radical (unpaired) electrons. The van der Waals surface area contributed by atoms with Crippen molar-refractivity contribution in [2.45, 2.75) is 58.7 Å². The minimum absolute atomic E-state index is 0.0687. The highest BCUT2D eigenvalue weighted by Gasteiger charge is 2.28. The van der Waals surface area contributed by atoms with Gasteiger partial charge in [0.05, 0.1) is 26.2 Å². The molecular formula is C27H39N3O6S. The molecule has 204 valence electrons. The first-order chi connectivity index (χ1) is 17.2. The van der Waals surface area contributed by atoms with Crippen LogP contribution < -0.4 is 19.1 Å². The molecule has 0 aromatic heterocycles. The number of methoxy groups -OCH3 is 2. The van der Waals surface area contributed by atoms with Crippen LogP contribution in [0, 0.1) is 0 Å². The molecule has 2 rings (SSSR count). The van der Waals surface area contributed by atoms with Gasteiger partial charge in [-0.25, -0.2) is 8.42 Å². The molecule has 1 N–H and O–H groups in total. The van der Waals surface area contributed by atoms with Crippen LogP contribution in [0.4, 0.5) is 5.69 Å². The number of benzene rings is 2. The van der Waals surface area contributed by atoms with E-state index in [1.807, 2.05) is 45.0 Å². The normalized spacial score (nSPS) is 12.4. The fourth-order valence-electron chi connectivity index (χ4n) is 3.78. The molecule has 2 amide bonds. The Morgan fingerprint density at radius 2 is 1.62 bits per heavy atom. The number of sulfonamides is 1. The average Bonchev–Trinajstić information content (AvgIpc) is 2.83. The van der Waals surface area contributed by atoms with Crippen LogP contribution in [0.1, 0.15) is 46.1 Å². The van der Waals surface area contributed by atoms with Crippen molar-refractivity contribution in [3.05, 3.63) is 54.1 Å². The van der Waals surface area contributed by atoms with E-state index in [0.717, 1.165) is 11.8 Å². The molecule has 9 nitrogen and oxygen atoms in total. The summed E-state index contributed by atoms with van der Waals surface area (Å²) in [6, 6.07) is 13.3. The van der Waals surface area contributed by atoms with E-state index in [0.29, 0.717) is 17.2 Å². The quantitative estimate of drug-likeness (QED) is 0.447. The highest BCUT2D eigenvalue weighted by Crippen LogP contribution is 2.23. The second-order valence-corrected chi connectivity index (χ2v) is 11.8. The first-order valence-electron chi connectivity index (χ1n) is 12.1. The SMILES string of the molecule is COc1ccc(N(CCCC(=O)N(Cc2cccc(OC)c2)[C@H](C)C(=O)NC(C)(C)C)S(C)(=O)=O)cc1. The minimum atomic E-state index is -3.57. The van der Waals surface area contributed by atoms with Gasteiger partial charge in [0, 0.05) is 25.0 Å². The third-order valence-electron chi connectivity index (χ3n) is 5.67. The lowest BCUT2D eigenvalue weighted by Crippen LogP contribution is -2.52. The molecule has 0 aliphatic heterocycles. The average molecular weight is 534 g/mol. The molecule has 0 heterocycles. The van der Waals surface area contributed by atoms with E-state index in [-0.39, 0.29) is 37.7 Å². The van der Waals surface area contributed by atoms with E-state index in [1.54, 1.807) is 38.3 Å². The monoisotopic (exact) mass is 533 g/mol. The molecule has 0 aliphatic rings. The van der Waals surface area contributed by atoms with Gasteiger partial charge in [0.2, 0.25) is 21.8 Å². The number of anilines is 1. The van der Waals surface area contributed by atoms with Crippen molar-refractivity contribution in [2.75, 3.05) is 31.3 Å². The fourth-order valence-corrected chi connectivity index (χ4v) is 4.74. The van der Waals surface area contributed by atoms with Crippen LogP contribution in [0.25, 0.3) is 0 Å². The molecule has 0 spiro atoms. The number of amides is 2. The summed E-state index contributed by atoms with van der Waals surface area (Å²) in [5, 5.41) is 2.93. The van der Waals surface area contributed by atoms with Crippen LogP contribution in [0.5, 0.6) is 11.5 Å². The smallest absolute Gasteiger partial charge is 0.242 e. The van der Waals surface area contributed by atoms with Gasteiger partial charge in [-0.3, -0.25) is 13.9 Å². The van der Waals surface area contributed by atoms with Crippen LogP contribution in [0.15, 0.2) is 48.5 Å². The molecule has 0 bridgehead atoms. The Morgan fingerprint density at radius 3 is 2.16 bits per heavy atom. The zero-order chi connectivity index (χ0) is 27.8. The van der Waals surface area contributed by atoms with E-state index in [4.69, 9.17) is 9.47 Å². The van der Waals surface area contributed by atoms with E-state index in [2.05, 4.69) is 5.32 Å². The number of hydrogen-bond acceptors (Lipinski definition) is 6. The zero-order valence-corrected chi connectivity index (χ0v) is 23.6. The van der Waals surface area contributed by atoms with Crippen LogP contribution in [-0.2, 0) is 26.2 Å². The summed E-state index contributed by atoms with van der Waals surface area (Å²) in [7, 11) is -0.469. The minimum Gasteiger partial charge on any atom is -0.497 e. The Kier molecular flexibility index (Phi) is 10.4. The van der Waals surface area contributed by atoms with Crippen molar-refractivity contribution in [3.8, 4) is 11.5 Å². The van der Waals surface area contributed by atoms with Gasteiger partial charge in [0.1, 0.15) is 17.5 Å². The van der Waals surface area contributed by atoms with Gasteiger partial charge >= 0.3 is 0 Å². The summed E-state index contributed by atoms with van der Waals surface area (Å²) >= 11 is 0. The molecule has 1 atom stereocenters. The van der Waals surface area contributed by atoms with E-state index >= 15 is 0 Å². The van der Waals surface area contributed by atoms with Crippen molar-refractivity contribution in [3.63, 3.8) is 0 Å². The number of rotatable bonds is 12. The predicted molar refractivity (Wildman–Crippen MR) is 145 cm³/mol. The topological polar surface area (TPSA) is 105 Å². The molecule has 0 aliphatic carbocycles. The molecular weight excluding hydrogens is 494 g/mol. The van der Waals surface area contributed by atoms with Crippen LogP contribution >= 0.6 is 0 Å². The maximum atomic E-state index is 13.4. The fraction of sp³-hybridized carbons (Fsp3) is 0.481. The number of carbonyl (C=O) groups is 2. The Balaban J connectivity index is 2.20. The number of nitrogens with zero attached hydrogens (tertiary/aromatic N) is 2. The Hall–Kier alpha value is -3.27. The molecule has 10 heteroatoms. The van der Waals surface area contributed by atoms with Crippen molar-refractivity contribution >= 4 is 27.5 Å². The molecule has 0 fully saturated rings. The van der Waals surface area contributed by atoms with Gasteiger partial charge in [-0.05, 0) is 76.1 Å². The molecule has 0 saturated heterocycles. The lowest BCUT2D eigenvalue weighted by atomic mass is 10.1. The lowest BCUT2D eigenvalue weighted by molar-refractivity contribution is -0.141. The summed E-state index contributed by atoms with van der Waals surface area (Å²) in [6.45, 7) is 7.66. The van der Waals surface area contributed by atoms with E-state index < -0.39 is 21.6 Å². The Morgan fingerprint density at radius 1 is 1.00 bits per heavy atom. The van der Waals surface area contributed by atoms with Gasteiger partial charge in [-0.15, -0.1) is 0 Å². The van der Waals surface area contributed by atoms with Crippen LogP contribution in [0.3, 0.4) is 0 Å². The third kappa shape index (κ3) is 9.27. The molecule has 2 aromatic rings. The van der Waals surface area contributed by atoms with Gasteiger partial charge in [0.25, 0.3) is 0 Å². The molecule has 0 saturated carbocycles. The summed E-state index contributed by atoms with van der Waals surface area (Å²) in [4.78, 5) is 27.9. The second-order valence-electron chi connectivity index (χ2n) is 9.93. The number of ether oxygens (including phenoxy) is 2.